The summed E-state index contributed by atoms with van der Waals surface area (Å²) in [4.78, 5) is 2.47. The molecule has 1 aliphatic rings. The topological polar surface area (TPSA) is 38.5 Å². The van der Waals surface area contributed by atoms with Crippen molar-refractivity contribution in [3.8, 4) is 0 Å². The van der Waals surface area contributed by atoms with E-state index in [1.807, 2.05) is 12.1 Å². The van der Waals surface area contributed by atoms with Crippen LogP contribution in [0.2, 0.25) is 0 Å². The first-order valence-corrected chi connectivity index (χ1v) is 6.51. The molecule has 0 aromatic heterocycles. The van der Waals surface area contributed by atoms with Gasteiger partial charge in [-0.15, -0.1) is 0 Å². The van der Waals surface area contributed by atoms with Gasteiger partial charge in [-0.25, -0.2) is 0 Å². The first-order valence-electron chi connectivity index (χ1n) is 6.51. The SMILES string of the molecule is COCC1=CCN(CCc2cccc(N)c2)CC1. The Morgan fingerprint density at radius 2 is 2.28 bits per heavy atom. The van der Waals surface area contributed by atoms with E-state index in [9.17, 15) is 0 Å². The van der Waals surface area contributed by atoms with Gasteiger partial charge in [-0.05, 0) is 36.1 Å². The molecule has 0 saturated carbocycles. The smallest absolute Gasteiger partial charge is 0.0673 e. The van der Waals surface area contributed by atoms with E-state index in [-0.39, 0.29) is 0 Å². The quantitative estimate of drug-likeness (QED) is 0.638. The van der Waals surface area contributed by atoms with E-state index in [0.717, 1.165) is 44.8 Å². The van der Waals surface area contributed by atoms with E-state index >= 15 is 0 Å². The number of methoxy groups -OCH3 is 1. The summed E-state index contributed by atoms with van der Waals surface area (Å²) < 4.78 is 5.16. The highest BCUT2D eigenvalue weighted by molar-refractivity contribution is 5.40. The monoisotopic (exact) mass is 246 g/mol. The van der Waals surface area contributed by atoms with Gasteiger partial charge in [0.1, 0.15) is 0 Å². The maximum atomic E-state index is 5.78. The van der Waals surface area contributed by atoms with Crippen LogP contribution in [-0.2, 0) is 11.2 Å². The van der Waals surface area contributed by atoms with Gasteiger partial charge in [0.25, 0.3) is 0 Å². The summed E-state index contributed by atoms with van der Waals surface area (Å²) in [6.45, 7) is 4.06. The van der Waals surface area contributed by atoms with E-state index in [0.29, 0.717) is 0 Å². The Labute approximate surface area is 109 Å². The second-order valence-corrected chi connectivity index (χ2v) is 4.84. The van der Waals surface area contributed by atoms with Crippen LogP contribution >= 0.6 is 0 Å². The fraction of sp³-hybridized carbons (Fsp3) is 0.467. The summed E-state index contributed by atoms with van der Waals surface area (Å²) in [6.07, 6.45) is 4.50. The lowest BCUT2D eigenvalue weighted by Crippen LogP contribution is -2.31. The van der Waals surface area contributed by atoms with Gasteiger partial charge in [-0.3, -0.25) is 4.90 Å². The highest BCUT2D eigenvalue weighted by atomic mass is 16.5. The van der Waals surface area contributed by atoms with Gasteiger partial charge in [0, 0.05) is 32.4 Å². The fourth-order valence-electron chi connectivity index (χ4n) is 2.31. The number of nitrogens with two attached hydrogens (primary N) is 1. The minimum atomic E-state index is 0.781. The normalized spacial score (nSPS) is 16.6. The third-order valence-corrected chi connectivity index (χ3v) is 3.38. The van der Waals surface area contributed by atoms with Gasteiger partial charge in [-0.2, -0.15) is 0 Å². The Balaban J connectivity index is 1.79. The van der Waals surface area contributed by atoms with Crippen molar-refractivity contribution in [1.82, 2.24) is 4.90 Å². The Bertz CT molecular complexity index is 415. The highest BCUT2D eigenvalue weighted by Gasteiger charge is 2.11. The van der Waals surface area contributed by atoms with E-state index in [2.05, 4.69) is 23.1 Å². The number of benzene rings is 1. The van der Waals surface area contributed by atoms with Crippen molar-refractivity contribution in [2.45, 2.75) is 12.8 Å². The lowest BCUT2D eigenvalue weighted by molar-refractivity contribution is 0.212. The van der Waals surface area contributed by atoms with Crippen LogP contribution in [0.25, 0.3) is 0 Å². The number of hydrogen-bond acceptors (Lipinski definition) is 3. The van der Waals surface area contributed by atoms with E-state index < -0.39 is 0 Å². The summed E-state index contributed by atoms with van der Waals surface area (Å²) >= 11 is 0. The summed E-state index contributed by atoms with van der Waals surface area (Å²) in [5, 5.41) is 0. The molecule has 1 aliphatic heterocycles. The molecule has 3 nitrogen and oxygen atoms in total. The standard InChI is InChI=1S/C15H22N2O/c1-18-12-14-6-9-17(10-7-14)8-5-13-3-2-4-15(16)11-13/h2-4,6,11H,5,7-10,12,16H2,1H3. The molecule has 1 aromatic rings. The number of nitrogens with zero attached hydrogens (tertiary/aromatic N) is 1. The van der Waals surface area contributed by atoms with Crippen LogP contribution in [0.4, 0.5) is 5.69 Å². The second-order valence-electron chi connectivity index (χ2n) is 4.84. The van der Waals surface area contributed by atoms with Crippen molar-refractivity contribution in [2.75, 3.05) is 39.1 Å². The zero-order valence-corrected chi connectivity index (χ0v) is 11.1. The largest absolute Gasteiger partial charge is 0.399 e. The molecule has 3 heteroatoms. The Kier molecular flexibility index (Phi) is 4.79. The lowest BCUT2D eigenvalue weighted by atomic mass is 10.1. The molecule has 2 rings (SSSR count). The molecular formula is C15H22N2O. The lowest BCUT2D eigenvalue weighted by Gasteiger charge is -2.26. The van der Waals surface area contributed by atoms with Crippen LogP contribution in [-0.4, -0.2) is 38.3 Å². The molecule has 0 radical (unpaired) electrons. The molecule has 1 heterocycles. The number of hydrogen-bond donors (Lipinski definition) is 1. The van der Waals surface area contributed by atoms with Crippen molar-refractivity contribution < 1.29 is 4.74 Å². The van der Waals surface area contributed by atoms with Gasteiger partial charge < -0.3 is 10.5 Å². The average molecular weight is 246 g/mol. The van der Waals surface area contributed by atoms with E-state index in [4.69, 9.17) is 10.5 Å². The molecule has 0 saturated heterocycles. The van der Waals surface area contributed by atoms with Crippen LogP contribution in [0.15, 0.2) is 35.9 Å². The average Bonchev–Trinajstić information content (AvgIpc) is 2.38. The van der Waals surface area contributed by atoms with Crippen LogP contribution in [0.3, 0.4) is 0 Å². The zero-order valence-electron chi connectivity index (χ0n) is 11.1. The van der Waals surface area contributed by atoms with Crippen LogP contribution in [0.5, 0.6) is 0 Å². The van der Waals surface area contributed by atoms with Crippen molar-refractivity contribution in [1.29, 1.82) is 0 Å². The van der Waals surface area contributed by atoms with Crippen molar-refractivity contribution >= 4 is 5.69 Å². The first-order chi connectivity index (χ1) is 8.78. The summed E-state index contributed by atoms with van der Waals surface area (Å²) in [6, 6.07) is 8.17. The Morgan fingerprint density at radius 3 is 2.94 bits per heavy atom. The molecule has 0 unspecified atom stereocenters. The molecule has 98 valence electrons. The van der Waals surface area contributed by atoms with Gasteiger partial charge >= 0.3 is 0 Å². The number of anilines is 1. The molecule has 0 amide bonds. The maximum Gasteiger partial charge on any atom is 0.0673 e. The van der Waals surface area contributed by atoms with Crippen LogP contribution in [0, 0.1) is 0 Å². The van der Waals surface area contributed by atoms with Crippen molar-refractivity contribution in [3.63, 3.8) is 0 Å². The molecule has 0 aliphatic carbocycles. The first kappa shape index (κ1) is 13.1. The summed E-state index contributed by atoms with van der Waals surface area (Å²) in [7, 11) is 1.76. The zero-order chi connectivity index (χ0) is 12.8. The Morgan fingerprint density at radius 1 is 1.39 bits per heavy atom. The molecule has 0 fully saturated rings. The molecular weight excluding hydrogens is 224 g/mol. The van der Waals surface area contributed by atoms with E-state index in [1.54, 1.807) is 7.11 Å². The summed E-state index contributed by atoms with van der Waals surface area (Å²) in [5.74, 6) is 0. The number of rotatable bonds is 5. The predicted molar refractivity (Wildman–Crippen MR) is 75.6 cm³/mol. The van der Waals surface area contributed by atoms with Gasteiger partial charge in [0.15, 0.2) is 0 Å². The molecule has 2 N–H and O–H groups in total. The van der Waals surface area contributed by atoms with Gasteiger partial charge in [0.05, 0.1) is 6.61 Å². The van der Waals surface area contributed by atoms with Gasteiger partial charge in [-0.1, -0.05) is 18.2 Å². The summed E-state index contributed by atoms with van der Waals surface area (Å²) in [5.41, 5.74) is 9.39. The molecule has 0 spiro atoms. The van der Waals surface area contributed by atoms with Crippen molar-refractivity contribution in [3.05, 3.63) is 41.5 Å². The minimum absolute atomic E-state index is 0.781. The Hall–Kier alpha value is -1.32. The molecule has 1 aromatic carbocycles. The molecule has 18 heavy (non-hydrogen) atoms. The van der Waals surface area contributed by atoms with Crippen molar-refractivity contribution in [2.24, 2.45) is 0 Å². The van der Waals surface area contributed by atoms with E-state index in [1.165, 1.54) is 11.1 Å². The highest BCUT2D eigenvalue weighted by Crippen LogP contribution is 2.12. The molecule has 0 bridgehead atoms. The minimum Gasteiger partial charge on any atom is -0.399 e. The number of ether oxygens (including phenoxy) is 1. The van der Waals surface area contributed by atoms with Crippen LogP contribution in [0.1, 0.15) is 12.0 Å². The maximum absolute atomic E-state index is 5.78. The van der Waals surface area contributed by atoms with Crippen LogP contribution < -0.4 is 5.73 Å². The number of nitrogen functional groups attached to an aromatic ring is 1. The fourth-order valence-corrected chi connectivity index (χ4v) is 2.31. The second kappa shape index (κ2) is 6.57. The third-order valence-electron chi connectivity index (χ3n) is 3.38. The molecule has 0 atom stereocenters. The predicted octanol–water partition coefficient (Wildman–Crippen LogP) is 2.09. The van der Waals surface area contributed by atoms with Gasteiger partial charge in [0.2, 0.25) is 0 Å². The third kappa shape index (κ3) is 3.86.